The standard InChI is InChI=1S/C28H22N2O3/c1-27(2)24-10-6-7-11-25(24)29(20-8-4-3-5-9-20)28(27)17-16-23-22-14-13-21(30(31)32)18-19(22)12-15-26(23)33-28/h3-18H,1-2H3/t28-/m0/s1. The fourth-order valence-corrected chi connectivity index (χ4v) is 5.31. The number of rotatable bonds is 2. The molecule has 0 unspecified atom stereocenters. The highest BCUT2D eigenvalue weighted by Crippen LogP contribution is 2.57. The van der Waals surface area contributed by atoms with E-state index in [9.17, 15) is 10.1 Å². The van der Waals surface area contributed by atoms with Gasteiger partial charge in [-0.25, -0.2) is 0 Å². The zero-order valence-corrected chi connectivity index (χ0v) is 18.4. The highest BCUT2D eigenvalue weighted by molar-refractivity contribution is 5.95. The number of hydrogen-bond donors (Lipinski definition) is 0. The van der Waals surface area contributed by atoms with Gasteiger partial charge in [0.15, 0.2) is 0 Å². The summed E-state index contributed by atoms with van der Waals surface area (Å²) in [6, 6.07) is 27.5. The minimum absolute atomic E-state index is 0.0854. The first-order chi connectivity index (χ1) is 15.9. The van der Waals surface area contributed by atoms with E-state index in [-0.39, 0.29) is 16.0 Å². The first-order valence-corrected chi connectivity index (χ1v) is 11.0. The zero-order valence-electron chi connectivity index (χ0n) is 18.4. The summed E-state index contributed by atoms with van der Waals surface area (Å²) in [4.78, 5) is 13.1. The molecular formula is C28H22N2O3. The van der Waals surface area contributed by atoms with Crippen LogP contribution in [0.2, 0.25) is 0 Å². The lowest BCUT2D eigenvalue weighted by Crippen LogP contribution is -2.57. The van der Waals surface area contributed by atoms with E-state index in [2.05, 4.69) is 67.3 Å². The fourth-order valence-electron chi connectivity index (χ4n) is 5.31. The molecule has 6 rings (SSSR count). The molecule has 4 aromatic rings. The lowest BCUT2D eigenvalue weighted by Gasteiger charge is -2.47. The first kappa shape index (κ1) is 19.6. The van der Waals surface area contributed by atoms with Gasteiger partial charge in [0.1, 0.15) is 5.75 Å². The van der Waals surface area contributed by atoms with Crippen molar-refractivity contribution >= 4 is 33.9 Å². The Bertz CT molecular complexity index is 1460. The second-order valence-electron chi connectivity index (χ2n) is 9.08. The Morgan fingerprint density at radius 2 is 1.67 bits per heavy atom. The number of fused-ring (bicyclic) bond motifs is 4. The number of nitrogens with zero attached hydrogens (tertiary/aromatic N) is 2. The van der Waals surface area contributed by atoms with E-state index in [0.29, 0.717) is 0 Å². The van der Waals surface area contributed by atoms with E-state index in [1.54, 1.807) is 12.1 Å². The number of anilines is 2. The van der Waals surface area contributed by atoms with Crippen molar-refractivity contribution in [2.75, 3.05) is 4.90 Å². The van der Waals surface area contributed by atoms with Gasteiger partial charge < -0.3 is 4.74 Å². The topological polar surface area (TPSA) is 55.6 Å². The summed E-state index contributed by atoms with van der Waals surface area (Å²) in [6.45, 7) is 4.43. The molecule has 0 bridgehead atoms. The van der Waals surface area contributed by atoms with Crippen LogP contribution in [-0.2, 0) is 5.41 Å². The summed E-state index contributed by atoms with van der Waals surface area (Å²) < 4.78 is 6.94. The zero-order chi connectivity index (χ0) is 22.8. The van der Waals surface area contributed by atoms with Crippen LogP contribution in [0.15, 0.2) is 91.0 Å². The Labute approximate surface area is 191 Å². The third-order valence-electron chi connectivity index (χ3n) is 7.02. The van der Waals surface area contributed by atoms with Crippen LogP contribution < -0.4 is 9.64 Å². The van der Waals surface area contributed by atoms with Crippen LogP contribution in [0, 0.1) is 10.1 Å². The Balaban J connectivity index is 1.56. The number of benzene rings is 4. The predicted molar refractivity (Wildman–Crippen MR) is 131 cm³/mol. The smallest absolute Gasteiger partial charge is 0.270 e. The minimum atomic E-state index is -0.764. The molecule has 0 saturated carbocycles. The molecule has 4 aromatic carbocycles. The Morgan fingerprint density at radius 1 is 0.909 bits per heavy atom. The number of non-ortho nitro benzene ring substituents is 1. The van der Waals surface area contributed by atoms with Crippen molar-refractivity contribution in [3.05, 3.63) is 112 Å². The molecule has 0 amide bonds. The second-order valence-corrected chi connectivity index (χ2v) is 9.08. The molecule has 2 heterocycles. The molecule has 0 fully saturated rings. The van der Waals surface area contributed by atoms with Crippen LogP contribution >= 0.6 is 0 Å². The minimum Gasteiger partial charge on any atom is -0.462 e. The van der Waals surface area contributed by atoms with Gasteiger partial charge in [0, 0.05) is 29.1 Å². The highest BCUT2D eigenvalue weighted by Gasteiger charge is 2.59. The van der Waals surface area contributed by atoms with E-state index in [1.807, 2.05) is 36.4 Å². The van der Waals surface area contributed by atoms with E-state index in [1.165, 1.54) is 5.56 Å². The van der Waals surface area contributed by atoms with Crippen molar-refractivity contribution in [1.29, 1.82) is 0 Å². The molecule has 0 N–H and O–H groups in total. The number of nitro groups is 1. The van der Waals surface area contributed by atoms with Crippen molar-refractivity contribution < 1.29 is 9.66 Å². The summed E-state index contributed by atoms with van der Waals surface area (Å²) in [5.41, 5.74) is 3.31. The maximum absolute atomic E-state index is 11.2. The molecule has 2 aliphatic heterocycles. The third-order valence-corrected chi connectivity index (χ3v) is 7.02. The molecule has 5 heteroatoms. The quantitative estimate of drug-likeness (QED) is 0.252. The van der Waals surface area contributed by atoms with Gasteiger partial charge in [-0.2, -0.15) is 0 Å². The molecule has 0 aromatic heterocycles. The van der Waals surface area contributed by atoms with Gasteiger partial charge in [-0.05, 0) is 72.7 Å². The van der Waals surface area contributed by atoms with E-state index in [4.69, 9.17) is 4.74 Å². The van der Waals surface area contributed by atoms with Gasteiger partial charge in [0.2, 0.25) is 5.72 Å². The largest absolute Gasteiger partial charge is 0.462 e. The summed E-state index contributed by atoms with van der Waals surface area (Å²) in [6.07, 6.45) is 4.25. The Hall–Kier alpha value is -4.12. The summed E-state index contributed by atoms with van der Waals surface area (Å²) in [5.74, 6) is 0.765. The number of ether oxygens (including phenoxy) is 1. The summed E-state index contributed by atoms with van der Waals surface area (Å²) >= 11 is 0. The Morgan fingerprint density at radius 3 is 2.45 bits per heavy atom. The highest BCUT2D eigenvalue weighted by atomic mass is 16.6. The van der Waals surface area contributed by atoms with Gasteiger partial charge in [-0.3, -0.25) is 15.0 Å². The number of nitro benzene ring substituents is 1. The van der Waals surface area contributed by atoms with Gasteiger partial charge in [-0.1, -0.05) is 42.5 Å². The molecule has 0 aliphatic carbocycles. The van der Waals surface area contributed by atoms with Crippen LogP contribution in [-0.4, -0.2) is 10.6 Å². The van der Waals surface area contributed by atoms with Crippen LogP contribution in [0.5, 0.6) is 5.75 Å². The molecule has 1 atom stereocenters. The normalized spacial score (nSPS) is 19.9. The van der Waals surface area contributed by atoms with Crippen molar-refractivity contribution in [3.8, 4) is 5.75 Å². The molecule has 162 valence electrons. The first-order valence-electron chi connectivity index (χ1n) is 11.0. The van der Waals surface area contributed by atoms with Crippen molar-refractivity contribution in [1.82, 2.24) is 0 Å². The van der Waals surface area contributed by atoms with Gasteiger partial charge in [-0.15, -0.1) is 0 Å². The molecule has 1 spiro atoms. The number of para-hydroxylation sites is 2. The Kier molecular flexibility index (Phi) is 3.96. The van der Waals surface area contributed by atoms with Crippen LogP contribution in [0.3, 0.4) is 0 Å². The fraction of sp³-hybridized carbons (Fsp3) is 0.143. The van der Waals surface area contributed by atoms with Crippen LogP contribution in [0.1, 0.15) is 25.0 Å². The predicted octanol–water partition coefficient (Wildman–Crippen LogP) is 6.98. The maximum atomic E-state index is 11.2. The molecule has 0 saturated heterocycles. The summed E-state index contributed by atoms with van der Waals surface area (Å²) in [7, 11) is 0. The van der Waals surface area contributed by atoms with E-state index < -0.39 is 5.72 Å². The van der Waals surface area contributed by atoms with Crippen LogP contribution in [0.25, 0.3) is 16.8 Å². The van der Waals surface area contributed by atoms with E-state index in [0.717, 1.165) is 33.5 Å². The monoisotopic (exact) mass is 434 g/mol. The van der Waals surface area contributed by atoms with Crippen molar-refractivity contribution in [3.63, 3.8) is 0 Å². The van der Waals surface area contributed by atoms with Crippen molar-refractivity contribution in [2.45, 2.75) is 25.0 Å². The SMILES string of the molecule is CC1(C)c2ccccc2N(c2ccccc2)[C@]12C=Cc1c(ccc3cc([N+](=O)[O-])ccc13)O2. The maximum Gasteiger partial charge on any atom is 0.270 e. The van der Waals surface area contributed by atoms with Gasteiger partial charge in [0.05, 0.1) is 10.3 Å². The number of hydrogen-bond acceptors (Lipinski definition) is 4. The van der Waals surface area contributed by atoms with Crippen LogP contribution in [0.4, 0.5) is 17.1 Å². The third kappa shape index (κ3) is 2.59. The lowest BCUT2D eigenvalue weighted by atomic mass is 9.76. The molecule has 2 aliphatic rings. The molecular weight excluding hydrogens is 412 g/mol. The summed E-state index contributed by atoms with van der Waals surface area (Å²) in [5, 5.41) is 13.0. The van der Waals surface area contributed by atoms with Gasteiger partial charge in [0.25, 0.3) is 5.69 Å². The average molecular weight is 434 g/mol. The van der Waals surface area contributed by atoms with E-state index >= 15 is 0 Å². The lowest BCUT2D eigenvalue weighted by molar-refractivity contribution is -0.384. The molecule has 0 radical (unpaired) electrons. The molecule has 5 nitrogen and oxygen atoms in total. The van der Waals surface area contributed by atoms with Crippen molar-refractivity contribution in [2.24, 2.45) is 0 Å². The van der Waals surface area contributed by atoms with Gasteiger partial charge >= 0.3 is 0 Å². The molecule has 33 heavy (non-hydrogen) atoms. The average Bonchev–Trinajstić information content (AvgIpc) is 3.02. The second kappa shape index (κ2) is 6.69.